The molecule has 0 saturated carbocycles. The number of anilines is 1. The SMILES string of the molecule is CC1=CCC=CC(Nc2ncc(Sc3ccccc3Cl)cc2Oc2ccccc2)=N1. The Morgan fingerprint density at radius 3 is 2.70 bits per heavy atom. The summed E-state index contributed by atoms with van der Waals surface area (Å²) in [6.07, 6.45) is 8.74. The Balaban J connectivity index is 1.66. The number of hydrogen-bond donors (Lipinski definition) is 1. The predicted molar refractivity (Wildman–Crippen MR) is 125 cm³/mol. The third kappa shape index (κ3) is 5.32. The number of ether oxygens (including phenoxy) is 1. The number of halogens is 1. The van der Waals surface area contributed by atoms with Crippen molar-refractivity contribution in [1.29, 1.82) is 0 Å². The van der Waals surface area contributed by atoms with Gasteiger partial charge in [0.1, 0.15) is 11.6 Å². The third-order valence-corrected chi connectivity index (χ3v) is 5.71. The molecule has 1 aromatic heterocycles. The number of rotatable bonds is 5. The largest absolute Gasteiger partial charge is 0.453 e. The molecular weight excluding hydrogens is 414 g/mol. The molecule has 1 aliphatic rings. The molecule has 6 heteroatoms. The Morgan fingerprint density at radius 2 is 1.87 bits per heavy atom. The average Bonchev–Trinajstić information content (AvgIpc) is 2.96. The van der Waals surface area contributed by atoms with E-state index in [1.54, 1.807) is 18.0 Å². The van der Waals surface area contributed by atoms with E-state index in [-0.39, 0.29) is 0 Å². The van der Waals surface area contributed by atoms with Gasteiger partial charge in [0.2, 0.25) is 0 Å². The van der Waals surface area contributed by atoms with Gasteiger partial charge in [0.25, 0.3) is 0 Å². The van der Waals surface area contributed by atoms with Crippen molar-refractivity contribution in [3.05, 3.63) is 95.8 Å². The Bertz CT molecular complexity index is 1130. The topological polar surface area (TPSA) is 46.5 Å². The second kappa shape index (κ2) is 9.65. The Hall–Kier alpha value is -3.02. The molecule has 30 heavy (non-hydrogen) atoms. The number of nitrogens with one attached hydrogen (secondary N) is 1. The van der Waals surface area contributed by atoms with Crippen LogP contribution in [0.3, 0.4) is 0 Å². The van der Waals surface area contributed by atoms with Crippen LogP contribution in [0.4, 0.5) is 5.82 Å². The van der Waals surface area contributed by atoms with Crippen LogP contribution in [-0.4, -0.2) is 10.8 Å². The monoisotopic (exact) mass is 433 g/mol. The minimum atomic E-state index is 0.598. The Morgan fingerprint density at radius 1 is 1.07 bits per heavy atom. The molecule has 0 aliphatic carbocycles. The molecule has 2 aromatic carbocycles. The maximum absolute atomic E-state index is 6.32. The first-order chi connectivity index (χ1) is 14.7. The van der Waals surface area contributed by atoms with Crippen molar-refractivity contribution < 1.29 is 4.74 Å². The fourth-order valence-electron chi connectivity index (χ4n) is 2.81. The minimum absolute atomic E-state index is 0.598. The van der Waals surface area contributed by atoms with Crippen LogP contribution in [0.25, 0.3) is 0 Å². The van der Waals surface area contributed by atoms with Crippen molar-refractivity contribution in [3.8, 4) is 11.5 Å². The highest BCUT2D eigenvalue weighted by Crippen LogP contribution is 2.37. The van der Waals surface area contributed by atoms with E-state index < -0.39 is 0 Å². The normalized spacial score (nSPS) is 13.3. The molecule has 0 bridgehead atoms. The van der Waals surface area contributed by atoms with Gasteiger partial charge in [0.15, 0.2) is 11.6 Å². The number of aliphatic imine (C=N–C) groups is 1. The number of pyridine rings is 1. The maximum atomic E-state index is 6.32. The summed E-state index contributed by atoms with van der Waals surface area (Å²) in [4.78, 5) is 11.1. The van der Waals surface area contributed by atoms with Gasteiger partial charge in [-0.3, -0.25) is 0 Å². The summed E-state index contributed by atoms with van der Waals surface area (Å²) in [5.74, 6) is 2.66. The van der Waals surface area contributed by atoms with E-state index in [1.807, 2.05) is 73.7 Å². The van der Waals surface area contributed by atoms with Gasteiger partial charge in [0, 0.05) is 27.8 Å². The molecule has 0 amide bonds. The van der Waals surface area contributed by atoms with Gasteiger partial charge in [-0.25, -0.2) is 9.98 Å². The number of hydrogen-bond acceptors (Lipinski definition) is 5. The first-order valence-corrected chi connectivity index (χ1v) is 10.7. The second-order valence-corrected chi connectivity index (χ2v) is 8.09. The standard InChI is InChI=1S/C24H20ClN3OS/c1-17-9-5-8-14-23(27-17)28-24-21(29-18-10-3-2-4-11-18)15-19(16-26-24)30-22-13-7-6-12-20(22)25/h2-4,6-16H,5H2,1H3,(H,26,27,28). The van der Waals surface area contributed by atoms with Crippen LogP contribution < -0.4 is 10.1 Å². The Kier molecular flexibility index (Phi) is 6.52. The van der Waals surface area contributed by atoms with E-state index in [0.717, 1.165) is 33.5 Å². The highest BCUT2D eigenvalue weighted by molar-refractivity contribution is 7.99. The van der Waals surface area contributed by atoms with Crippen LogP contribution in [0.15, 0.2) is 106 Å². The molecule has 4 rings (SSSR count). The molecule has 150 valence electrons. The van der Waals surface area contributed by atoms with Crippen LogP contribution in [0.2, 0.25) is 5.02 Å². The van der Waals surface area contributed by atoms with Gasteiger partial charge in [0.05, 0.1) is 5.02 Å². The smallest absolute Gasteiger partial charge is 0.175 e. The lowest BCUT2D eigenvalue weighted by Crippen LogP contribution is -2.11. The summed E-state index contributed by atoms with van der Waals surface area (Å²) in [5, 5.41) is 4.00. The number of amidine groups is 1. The maximum Gasteiger partial charge on any atom is 0.175 e. The van der Waals surface area contributed by atoms with Gasteiger partial charge in [-0.05, 0) is 43.7 Å². The van der Waals surface area contributed by atoms with E-state index in [4.69, 9.17) is 16.3 Å². The molecule has 0 saturated heterocycles. The number of para-hydroxylation sites is 1. The second-order valence-electron chi connectivity index (χ2n) is 6.57. The highest BCUT2D eigenvalue weighted by atomic mass is 35.5. The van der Waals surface area contributed by atoms with Crippen molar-refractivity contribution in [2.75, 3.05) is 5.32 Å². The molecule has 0 unspecified atom stereocenters. The average molecular weight is 434 g/mol. The number of aromatic nitrogens is 1. The number of nitrogens with zero attached hydrogens (tertiary/aromatic N) is 2. The van der Waals surface area contributed by atoms with Crippen molar-refractivity contribution in [3.63, 3.8) is 0 Å². The zero-order valence-electron chi connectivity index (χ0n) is 16.4. The molecule has 0 spiro atoms. The van der Waals surface area contributed by atoms with E-state index >= 15 is 0 Å². The summed E-state index contributed by atoms with van der Waals surface area (Å²) < 4.78 is 6.15. The van der Waals surface area contributed by atoms with Crippen LogP contribution in [0, 0.1) is 0 Å². The van der Waals surface area contributed by atoms with Crippen LogP contribution >= 0.6 is 23.4 Å². The quantitative estimate of drug-likeness (QED) is 0.456. The number of benzene rings is 2. The first-order valence-electron chi connectivity index (χ1n) is 9.52. The summed E-state index contributed by atoms with van der Waals surface area (Å²) in [6, 6.07) is 19.3. The molecule has 1 aliphatic heterocycles. The molecule has 3 aromatic rings. The summed E-state index contributed by atoms with van der Waals surface area (Å²) >= 11 is 7.86. The van der Waals surface area contributed by atoms with Crippen LogP contribution in [0.1, 0.15) is 13.3 Å². The fraction of sp³-hybridized carbons (Fsp3) is 0.0833. The summed E-state index contributed by atoms with van der Waals surface area (Å²) in [5.41, 5.74) is 0.957. The van der Waals surface area contributed by atoms with Crippen LogP contribution in [-0.2, 0) is 0 Å². The van der Waals surface area contributed by atoms with E-state index in [1.165, 1.54) is 0 Å². The Labute approximate surface area is 185 Å². The lowest BCUT2D eigenvalue weighted by Gasteiger charge is -2.14. The van der Waals surface area contributed by atoms with Crippen molar-refractivity contribution in [2.24, 2.45) is 4.99 Å². The first kappa shape index (κ1) is 20.3. The summed E-state index contributed by atoms with van der Waals surface area (Å²) in [7, 11) is 0. The zero-order valence-corrected chi connectivity index (χ0v) is 18.0. The van der Waals surface area contributed by atoms with Gasteiger partial charge in [-0.15, -0.1) is 0 Å². The van der Waals surface area contributed by atoms with E-state index in [9.17, 15) is 0 Å². The molecule has 1 N–H and O–H groups in total. The lowest BCUT2D eigenvalue weighted by molar-refractivity contribution is 0.481. The van der Waals surface area contributed by atoms with Crippen LogP contribution in [0.5, 0.6) is 11.5 Å². The fourth-order valence-corrected chi connectivity index (χ4v) is 3.90. The third-order valence-electron chi connectivity index (χ3n) is 4.23. The van der Waals surface area contributed by atoms with Gasteiger partial charge < -0.3 is 10.1 Å². The number of allylic oxidation sites excluding steroid dienone is 3. The van der Waals surface area contributed by atoms with Gasteiger partial charge in [-0.2, -0.15) is 0 Å². The minimum Gasteiger partial charge on any atom is -0.453 e. The van der Waals surface area contributed by atoms with Gasteiger partial charge >= 0.3 is 0 Å². The van der Waals surface area contributed by atoms with Gasteiger partial charge in [-0.1, -0.05) is 65.8 Å². The molecule has 0 fully saturated rings. The van der Waals surface area contributed by atoms with E-state index in [2.05, 4.69) is 27.4 Å². The lowest BCUT2D eigenvalue weighted by atomic mass is 10.3. The predicted octanol–water partition coefficient (Wildman–Crippen LogP) is 7.35. The zero-order chi connectivity index (χ0) is 20.8. The summed E-state index contributed by atoms with van der Waals surface area (Å²) in [6.45, 7) is 1.98. The molecular formula is C24H20ClN3OS. The van der Waals surface area contributed by atoms with Crippen molar-refractivity contribution in [1.82, 2.24) is 4.98 Å². The molecule has 0 radical (unpaired) electrons. The molecule has 0 atom stereocenters. The molecule has 2 heterocycles. The van der Waals surface area contributed by atoms with Crippen molar-refractivity contribution in [2.45, 2.75) is 23.1 Å². The molecule has 4 nitrogen and oxygen atoms in total. The van der Waals surface area contributed by atoms with E-state index in [0.29, 0.717) is 16.6 Å². The van der Waals surface area contributed by atoms with Crippen molar-refractivity contribution >= 4 is 35.0 Å². The highest BCUT2D eigenvalue weighted by Gasteiger charge is 2.12.